The van der Waals surface area contributed by atoms with Crippen LogP contribution in [-0.4, -0.2) is 65.8 Å². The highest BCUT2D eigenvalue weighted by Gasteiger charge is 2.47. The first-order valence-corrected chi connectivity index (χ1v) is 12.7. The molecule has 1 aromatic heterocycles. The Morgan fingerprint density at radius 1 is 1.18 bits per heavy atom. The topological polar surface area (TPSA) is 104 Å². The number of likely N-dealkylation sites (tertiary alicyclic amines) is 1. The number of ether oxygens (including phenoxy) is 1. The molecule has 12 heteroatoms. The maximum atomic E-state index is 13.2. The average Bonchev–Trinajstić information content (AvgIpc) is 2.84. The number of benzene rings is 2. The molecular weight excluding hydrogens is 537 g/mol. The first-order chi connectivity index (χ1) is 18.5. The van der Waals surface area contributed by atoms with Crippen LogP contribution < -0.4 is 15.4 Å². The van der Waals surface area contributed by atoms with Gasteiger partial charge in [0.25, 0.3) is 0 Å². The Kier molecular flexibility index (Phi) is 7.41. The van der Waals surface area contributed by atoms with E-state index in [-0.39, 0.29) is 11.8 Å². The predicted molar refractivity (Wildman–Crippen MR) is 139 cm³/mol. The molecule has 2 fully saturated rings. The minimum Gasteiger partial charge on any atom is -0.493 e. The molecule has 1 atom stereocenters. The minimum absolute atomic E-state index is 0.0600. The summed E-state index contributed by atoms with van der Waals surface area (Å²) in [5.74, 6) is -2.39. The summed E-state index contributed by atoms with van der Waals surface area (Å²) >= 11 is 6.17. The van der Waals surface area contributed by atoms with Crippen molar-refractivity contribution in [2.75, 3.05) is 38.1 Å². The van der Waals surface area contributed by atoms with Crippen LogP contribution in [0.4, 0.5) is 18.9 Å². The van der Waals surface area contributed by atoms with Crippen LogP contribution in [0.3, 0.4) is 0 Å². The number of amides is 1. The lowest BCUT2D eigenvalue weighted by Crippen LogP contribution is -2.70. The van der Waals surface area contributed by atoms with Crippen LogP contribution in [0.2, 0.25) is 5.02 Å². The number of halogens is 4. The zero-order chi connectivity index (χ0) is 27.8. The zero-order valence-electron chi connectivity index (χ0n) is 20.7. The molecule has 206 valence electrons. The number of rotatable bonds is 4. The van der Waals surface area contributed by atoms with Crippen LogP contribution >= 0.6 is 11.6 Å². The first-order valence-electron chi connectivity index (χ1n) is 12.4. The molecule has 6 rings (SSSR count). The number of carbonyl (C=O) groups excluding carboxylic acids is 1. The first kappa shape index (κ1) is 27.2. The van der Waals surface area contributed by atoms with E-state index in [1.165, 1.54) is 18.7 Å². The van der Waals surface area contributed by atoms with Gasteiger partial charge >= 0.3 is 12.1 Å². The maximum Gasteiger partial charge on any atom is 0.490 e. The van der Waals surface area contributed by atoms with E-state index in [2.05, 4.69) is 38.7 Å². The summed E-state index contributed by atoms with van der Waals surface area (Å²) in [5, 5.41) is 16.3. The normalized spacial score (nSPS) is 19.5. The standard InChI is InChI=1S/C25H25ClN4O2.C2HF3O2/c26-18-2-4-23-21(8-18)20(5-6-32-23)24(31)29-22-10-27-9-17-7-16(1-3-19(17)22)11-30-14-25(15-30)12-28-13-25;3-2(4,5)1(6)7/h1-4,7-10,20,28H,5-6,11-15H2,(H,29,31);(H,6,7). The largest absolute Gasteiger partial charge is 0.493 e. The Bertz CT molecular complexity index is 1410. The third kappa shape index (κ3) is 5.95. The number of alkyl halides is 3. The van der Waals surface area contributed by atoms with Crippen molar-refractivity contribution in [3.05, 3.63) is 64.9 Å². The Labute approximate surface area is 227 Å². The van der Waals surface area contributed by atoms with Crippen molar-refractivity contribution in [2.45, 2.75) is 25.1 Å². The second-order valence-corrected chi connectivity index (χ2v) is 10.6. The van der Waals surface area contributed by atoms with Gasteiger partial charge in [-0.15, -0.1) is 0 Å². The molecule has 39 heavy (non-hydrogen) atoms. The van der Waals surface area contributed by atoms with E-state index in [0.717, 1.165) is 47.4 Å². The summed E-state index contributed by atoms with van der Waals surface area (Å²) in [6.07, 6.45) is -0.874. The summed E-state index contributed by atoms with van der Waals surface area (Å²) < 4.78 is 37.4. The van der Waals surface area contributed by atoms with E-state index in [9.17, 15) is 18.0 Å². The number of hydrogen-bond acceptors (Lipinski definition) is 6. The molecule has 0 bridgehead atoms. The fourth-order valence-electron chi connectivity index (χ4n) is 5.26. The van der Waals surface area contributed by atoms with Crippen molar-refractivity contribution in [3.63, 3.8) is 0 Å². The van der Waals surface area contributed by atoms with Crippen molar-refractivity contribution in [3.8, 4) is 5.75 Å². The van der Waals surface area contributed by atoms with Crippen molar-refractivity contribution >= 4 is 39.9 Å². The van der Waals surface area contributed by atoms with E-state index in [1.54, 1.807) is 12.3 Å². The van der Waals surface area contributed by atoms with Crippen molar-refractivity contribution in [1.29, 1.82) is 0 Å². The van der Waals surface area contributed by atoms with Crippen LogP contribution in [0.1, 0.15) is 23.5 Å². The summed E-state index contributed by atoms with van der Waals surface area (Å²) in [7, 11) is 0. The molecular formula is C27H26ClF3N4O4. The molecule has 0 saturated carbocycles. The number of nitrogens with zero attached hydrogens (tertiary/aromatic N) is 2. The maximum absolute atomic E-state index is 13.2. The minimum atomic E-state index is -5.08. The van der Waals surface area contributed by atoms with Crippen LogP contribution in [0.15, 0.2) is 48.8 Å². The van der Waals surface area contributed by atoms with Gasteiger partial charge in [0, 0.05) is 65.7 Å². The van der Waals surface area contributed by atoms with E-state index in [4.69, 9.17) is 26.2 Å². The van der Waals surface area contributed by atoms with Gasteiger partial charge in [-0.1, -0.05) is 23.7 Å². The van der Waals surface area contributed by atoms with E-state index in [0.29, 0.717) is 23.5 Å². The Balaban J connectivity index is 0.000000392. The SMILES string of the molecule is O=C(Nc1cncc2cc(CN3CC4(CNC4)C3)ccc12)C1CCOc2ccc(Cl)cc21.O=C(O)C(F)(F)F. The third-order valence-corrected chi connectivity index (χ3v) is 7.41. The Morgan fingerprint density at radius 3 is 2.59 bits per heavy atom. The molecule has 2 aromatic carbocycles. The number of carboxylic acids is 1. The van der Waals surface area contributed by atoms with Crippen molar-refractivity contribution in [2.24, 2.45) is 5.41 Å². The van der Waals surface area contributed by atoms with Gasteiger partial charge in [0.1, 0.15) is 5.75 Å². The van der Waals surface area contributed by atoms with Gasteiger partial charge in [0.15, 0.2) is 0 Å². The summed E-state index contributed by atoms with van der Waals surface area (Å²) in [5.41, 5.74) is 3.38. The van der Waals surface area contributed by atoms with E-state index in [1.807, 2.05) is 18.3 Å². The molecule has 0 radical (unpaired) electrons. The molecule has 2 saturated heterocycles. The van der Waals surface area contributed by atoms with Gasteiger partial charge in [-0.05, 0) is 36.2 Å². The lowest BCUT2D eigenvalue weighted by molar-refractivity contribution is -0.192. The number of pyridine rings is 1. The van der Waals surface area contributed by atoms with Gasteiger partial charge in [0.05, 0.1) is 24.4 Å². The number of anilines is 1. The van der Waals surface area contributed by atoms with Gasteiger partial charge in [-0.25, -0.2) is 4.79 Å². The van der Waals surface area contributed by atoms with Crippen molar-refractivity contribution in [1.82, 2.24) is 15.2 Å². The van der Waals surface area contributed by atoms with Gasteiger partial charge in [-0.2, -0.15) is 13.2 Å². The van der Waals surface area contributed by atoms with E-state index < -0.39 is 12.1 Å². The van der Waals surface area contributed by atoms with Crippen LogP contribution in [0, 0.1) is 5.41 Å². The molecule has 8 nitrogen and oxygen atoms in total. The molecule has 3 aliphatic rings. The smallest absolute Gasteiger partial charge is 0.490 e. The number of fused-ring (bicyclic) bond motifs is 2. The van der Waals surface area contributed by atoms with E-state index >= 15 is 0 Å². The molecule has 1 spiro atoms. The molecule has 1 amide bonds. The molecule has 1 unspecified atom stereocenters. The Morgan fingerprint density at radius 2 is 1.92 bits per heavy atom. The van der Waals surface area contributed by atoms with Crippen LogP contribution in [-0.2, 0) is 16.1 Å². The number of nitrogens with one attached hydrogen (secondary N) is 2. The predicted octanol–water partition coefficient (Wildman–Crippen LogP) is 4.43. The summed E-state index contributed by atoms with van der Waals surface area (Å²) in [4.78, 5) is 29.0. The number of carbonyl (C=O) groups is 2. The average molecular weight is 563 g/mol. The lowest BCUT2D eigenvalue weighted by Gasteiger charge is -2.56. The monoisotopic (exact) mass is 562 g/mol. The fraction of sp³-hybridized carbons (Fsp3) is 0.370. The van der Waals surface area contributed by atoms with Crippen molar-refractivity contribution < 1.29 is 32.6 Å². The molecule has 4 heterocycles. The van der Waals surface area contributed by atoms with Gasteiger partial charge in [-0.3, -0.25) is 14.7 Å². The molecule has 3 aromatic rings. The number of carboxylic acid groups (broad SMARTS) is 1. The third-order valence-electron chi connectivity index (χ3n) is 7.18. The molecule has 0 aliphatic carbocycles. The highest BCUT2D eigenvalue weighted by Crippen LogP contribution is 2.37. The van der Waals surface area contributed by atoms with Gasteiger partial charge in [0.2, 0.25) is 5.91 Å². The summed E-state index contributed by atoms with van der Waals surface area (Å²) in [6.45, 7) is 6.10. The van der Waals surface area contributed by atoms with Gasteiger partial charge < -0.3 is 20.5 Å². The number of aromatic nitrogens is 1. The quantitative estimate of drug-likeness (QED) is 0.432. The zero-order valence-corrected chi connectivity index (χ0v) is 21.5. The fourth-order valence-corrected chi connectivity index (χ4v) is 5.44. The summed E-state index contributed by atoms with van der Waals surface area (Å²) in [6, 6.07) is 11.9. The molecule has 3 N–H and O–H groups in total. The lowest BCUT2D eigenvalue weighted by atomic mass is 9.74. The highest BCUT2D eigenvalue weighted by molar-refractivity contribution is 6.30. The highest BCUT2D eigenvalue weighted by atomic mass is 35.5. The number of hydrogen-bond donors (Lipinski definition) is 3. The second kappa shape index (κ2) is 10.6. The molecule has 3 aliphatic heterocycles. The number of aliphatic carboxylic acids is 1. The van der Waals surface area contributed by atoms with Crippen LogP contribution in [0.5, 0.6) is 5.75 Å². The van der Waals surface area contributed by atoms with Crippen LogP contribution in [0.25, 0.3) is 10.8 Å². The second-order valence-electron chi connectivity index (χ2n) is 10.2. The Hall–Kier alpha value is -3.41.